The molecule has 0 bridgehead atoms. The lowest BCUT2D eigenvalue weighted by Gasteiger charge is -2.08. The summed E-state index contributed by atoms with van der Waals surface area (Å²) in [5.41, 5.74) is 3.84. The first kappa shape index (κ1) is 11.3. The van der Waals surface area contributed by atoms with Crippen LogP contribution in [-0.4, -0.2) is 5.88 Å². The van der Waals surface area contributed by atoms with Crippen molar-refractivity contribution in [3.63, 3.8) is 0 Å². The lowest BCUT2D eigenvalue weighted by atomic mass is 10.0. The molecule has 1 rings (SSSR count). The molecular weight excluding hydrogens is 192 g/mol. The molecule has 1 heteroatoms. The van der Waals surface area contributed by atoms with E-state index in [0.29, 0.717) is 5.88 Å². The van der Waals surface area contributed by atoms with E-state index in [0.717, 1.165) is 12.8 Å². The van der Waals surface area contributed by atoms with Gasteiger partial charge in [0.1, 0.15) is 0 Å². The van der Waals surface area contributed by atoms with Crippen LogP contribution in [0.25, 0.3) is 0 Å². The number of allylic oxidation sites excluding steroid dienone is 8. The van der Waals surface area contributed by atoms with Crippen LogP contribution in [0.3, 0.4) is 0 Å². The Morgan fingerprint density at radius 3 is 2.71 bits per heavy atom. The van der Waals surface area contributed by atoms with Crippen molar-refractivity contribution < 1.29 is 0 Å². The molecule has 0 amide bonds. The van der Waals surface area contributed by atoms with Crippen LogP contribution < -0.4 is 0 Å². The standard InChI is InChI=1S/C13H17Cl/c1-11-8-6-4-3-5-7-9-12(2)13(11)10-14/h3-4,6,8-9H,5,7,10H2,1-2H3/b4-3-,8-6+,12-9-,13-11+. The third-order valence-electron chi connectivity index (χ3n) is 2.46. The Balaban J connectivity index is 3.03. The molecule has 0 atom stereocenters. The van der Waals surface area contributed by atoms with Crippen LogP contribution in [0.15, 0.2) is 47.1 Å². The second-order valence-corrected chi connectivity index (χ2v) is 3.81. The maximum atomic E-state index is 5.94. The number of alkyl halides is 1. The molecule has 14 heavy (non-hydrogen) atoms. The van der Waals surface area contributed by atoms with Gasteiger partial charge in [-0.2, -0.15) is 0 Å². The van der Waals surface area contributed by atoms with Crippen LogP contribution in [0.1, 0.15) is 26.7 Å². The molecule has 1 aliphatic carbocycles. The minimum atomic E-state index is 0.599. The van der Waals surface area contributed by atoms with Gasteiger partial charge in [0.05, 0.1) is 0 Å². The fraction of sp³-hybridized carbons (Fsp3) is 0.385. The van der Waals surface area contributed by atoms with E-state index in [2.05, 4.69) is 44.2 Å². The number of rotatable bonds is 1. The first-order chi connectivity index (χ1) is 6.75. The second kappa shape index (κ2) is 5.87. The molecule has 0 radical (unpaired) electrons. The van der Waals surface area contributed by atoms with E-state index in [4.69, 9.17) is 11.6 Å². The molecule has 0 heterocycles. The van der Waals surface area contributed by atoms with Gasteiger partial charge in [0.15, 0.2) is 0 Å². The molecule has 0 aliphatic heterocycles. The summed E-state index contributed by atoms with van der Waals surface area (Å²) in [7, 11) is 0. The van der Waals surface area contributed by atoms with Crippen LogP contribution in [0, 0.1) is 0 Å². The summed E-state index contributed by atoms with van der Waals surface area (Å²) < 4.78 is 0. The van der Waals surface area contributed by atoms with E-state index in [1.54, 1.807) is 0 Å². The fourth-order valence-corrected chi connectivity index (χ4v) is 1.94. The largest absolute Gasteiger partial charge is 0.122 e. The minimum absolute atomic E-state index is 0.599. The molecule has 0 nitrogen and oxygen atoms in total. The van der Waals surface area contributed by atoms with E-state index in [9.17, 15) is 0 Å². The van der Waals surface area contributed by atoms with Gasteiger partial charge in [0, 0.05) is 5.88 Å². The Bertz CT molecular complexity index is 303. The monoisotopic (exact) mass is 208 g/mol. The van der Waals surface area contributed by atoms with Gasteiger partial charge in [-0.25, -0.2) is 0 Å². The van der Waals surface area contributed by atoms with Crippen LogP contribution in [-0.2, 0) is 0 Å². The first-order valence-corrected chi connectivity index (χ1v) is 5.55. The van der Waals surface area contributed by atoms with Crippen molar-refractivity contribution in [2.24, 2.45) is 0 Å². The topological polar surface area (TPSA) is 0 Å². The van der Waals surface area contributed by atoms with E-state index in [1.807, 2.05) is 0 Å². The van der Waals surface area contributed by atoms with Gasteiger partial charge in [-0.1, -0.05) is 36.0 Å². The molecule has 0 N–H and O–H groups in total. The Morgan fingerprint density at radius 2 is 2.00 bits per heavy atom. The van der Waals surface area contributed by atoms with Gasteiger partial charge >= 0.3 is 0 Å². The number of halogens is 1. The molecule has 76 valence electrons. The van der Waals surface area contributed by atoms with E-state index < -0.39 is 0 Å². The molecule has 0 spiro atoms. The Morgan fingerprint density at radius 1 is 1.21 bits per heavy atom. The minimum Gasteiger partial charge on any atom is -0.122 e. The Hall–Kier alpha value is -0.750. The normalized spacial score (nSPS) is 31.8. The lowest BCUT2D eigenvalue weighted by molar-refractivity contribution is 1.03. The highest BCUT2D eigenvalue weighted by atomic mass is 35.5. The summed E-state index contributed by atoms with van der Waals surface area (Å²) >= 11 is 5.94. The fourth-order valence-electron chi connectivity index (χ4n) is 1.52. The third kappa shape index (κ3) is 3.19. The van der Waals surface area contributed by atoms with Gasteiger partial charge in [-0.15, -0.1) is 11.6 Å². The van der Waals surface area contributed by atoms with Crippen molar-refractivity contribution >= 4 is 11.6 Å². The number of hydrogen-bond donors (Lipinski definition) is 0. The average Bonchev–Trinajstić information content (AvgIpc) is 2.17. The highest BCUT2D eigenvalue weighted by Crippen LogP contribution is 2.19. The maximum absolute atomic E-state index is 5.94. The summed E-state index contributed by atoms with van der Waals surface area (Å²) in [5, 5.41) is 0. The van der Waals surface area contributed by atoms with E-state index >= 15 is 0 Å². The summed E-state index contributed by atoms with van der Waals surface area (Å²) in [5.74, 6) is 0.599. The summed E-state index contributed by atoms with van der Waals surface area (Å²) in [4.78, 5) is 0. The van der Waals surface area contributed by atoms with Crippen LogP contribution in [0.5, 0.6) is 0 Å². The Kier molecular flexibility index (Phi) is 4.75. The third-order valence-corrected chi connectivity index (χ3v) is 2.73. The summed E-state index contributed by atoms with van der Waals surface area (Å²) in [6.45, 7) is 4.25. The molecule has 1 aliphatic rings. The van der Waals surface area contributed by atoms with E-state index in [1.165, 1.54) is 16.7 Å². The van der Waals surface area contributed by atoms with Gasteiger partial charge in [0.25, 0.3) is 0 Å². The molecular formula is C13H17Cl. The van der Waals surface area contributed by atoms with Gasteiger partial charge in [-0.3, -0.25) is 0 Å². The van der Waals surface area contributed by atoms with Crippen molar-refractivity contribution in [1.82, 2.24) is 0 Å². The maximum Gasteiger partial charge on any atom is 0.0479 e. The van der Waals surface area contributed by atoms with Crippen molar-refractivity contribution in [3.05, 3.63) is 47.1 Å². The molecule has 0 aromatic carbocycles. The van der Waals surface area contributed by atoms with Crippen molar-refractivity contribution in [3.8, 4) is 0 Å². The average molecular weight is 209 g/mol. The first-order valence-electron chi connectivity index (χ1n) is 5.01. The molecule has 0 saturated heterocycles. The summed E-state index contributed by atoms with van der Waals surface area (Å²) in [6.07, 6.45) is 13.0. The zero-order chi connectivity index (χ0) is 10.4. The van der Waals surface area contributed by atoms with Gasteiger partial charge < -0.3 is 0 Å². The second-order valence-electron chi connectivity index (χ2n) is 3.55. The lowest BCUT2D eigenvalue weighted by Crippen LogP contribution is -1.92. The van der Waals surface area contributed by atoms with Crippen molar-refractivity contribution in [2.75, 3.05) is 5.88 Å². The predicted molar refractivity (Wildman–Crippen MR) is 64.7 cm³/mol. The SMILES string of the molecule is CC1=C\CC\C=C/C=C/C(C)=C/1CCl. The van der Waals surface area contributed by atoms with Crippen LogP contribution in [0.2, 0.25) is 0 Å². The van der Waals surface area contributed by atoms with Crippen molar-refractivity contribution in [2.45, 2.75) is 26.7 Å². The predicted octanol–water partition coefficient (Wildman–Crippen LogP) is 4.39. The molecule has 0 fully saturated rings. The van der Waals surface area contributed by atoms with Crippen LogP contribution >= 0.6 is 11.6 Å². The molecule has 0 aromatic rings. The highest BCUT2D eigenvalue weighted by molar-refractivity contribution is 6.19. The van der Waals surface area contributed by atoms with Crippen LogP contribution in [0.4, 0.5) is 0 Å². The van der Waals surface area contributed by atoms with Gasteiger partial charge in [0.2, 0.25) is 0 Å². The zero-order valence-electron chi connectivity index (χ0n) is 8.89. The number of hydrogen-bond acceptors (Lipinski definition) is 0. The highest BCUT2D eigenvalue weighted by Gasteiger charge is 2.01. The summed E-state index contributed by atoms with van der Waals surface area (Å²) in [6, 6.07) is 0. The van der Waals surface area contributed by atoms with Gasteiger partial charge in [-0.05, 0) is 37.8 Å². The van der Waals surface area contributed by atoms with Crippen molar-refractivity contribution in [1.29, 1.82) is 0 Å². The molecule has 0 saturated carbocycles. The quantitative estimate of drug-likeness (QED) is 0.561. The molecule has 0 aromatic heterocycles. The smallest absolute Gasteiger partial charge is 0.0479 e. The molecule has 0 unspecified atom stereocenters. The Labute approximate surface area is 91.7 Å². The van der Waals surface area contributed by atoms with E-state index in [-0.39, 0.29) is 0 Å². The zero-order valence-corrected chi connectivity index (χ0v) is 9.64.